The second-order valence-electron chi connectivity index (χ2n) is 6.66. The minimum Gasteiger partial charge on any atom is -0.378 e. The minimum atomic E-state index is -0.419. The second-order valence-corrected chi connectivity index (χ2v) is 7.66. The molecule has 7 nitrogen and oxygen atoms in total. The number of carbonyl (C=O) groups is 3. The van der Waals surface area contributed by atoms with Gasteiger partial charge in [0, 0.05) is 25.3 Å². The molecule has 150 valence electrons. The summed E-state index contributed by atoms with van der Waals surface area (Å²) >= 11 is 0.871. The van der Waals surface area contributed by atoms with Crippen LogP contribution in [0, 0.1) is 0 Å². The molecule has 0 unspecified atom stereocenters. The molecule has 0 aromatic heterocycles. The van der Waals surface area contributed by atoms with Crippen LogP contribution in [0.1, 0.15) is 25.3 Å². The normalized spacial score (nSPS) is 18.8. The van der Waals surface area contributed by atoms with Crippen molar-refractivity contribution < 1.29 is 19.1 Å². The topological polar surface area (TPSA) is 79.0 Å². The summed E-state index contributed by atoms with van der Waals surface area (Å²) in [5, 5.41) is 2.32. The van der Waals surface area contributed by atoms with Gasteiger partial charge in [-0.25, -0.2) is 0 Å². The lowest BCUT2D eigenvalue weighted by Gasteiger charge is -2.28. The molecule has 0 saturated carbocycles. The van der Waals surface area contributed by atoms with Gasteiger partial charge < -0.3 is 15.0 Å². The number of unbranched alkanes of at least 4 members (excludes halogenated alkanes) is 1. The van der Waals surface area contributed by atoms with E-state index in [4.69, 9.17) is 4.74 Å². The van der Waals surface area contributed by atoms with E-state index >= 15 is 0 Å². The first-order chi connectivity index (χ1) is 13.6. The average molecular weight is 404 g/mol. The smallest absolute Gasteiger partial charge is 0.294 e. The van der Waals surface area contributed by atoms with Gasteiger partial charge in [0.05, 0.1) is 18.1 Å². The number of nitrogens with zero attached hydrogens (tertiary/aromatic N) is 2. The maximum atomic E-state index is 12.5. The first-order valence-electron chi connectivity index (χ1n) is 9.53. The highest BCUT2D eigenvalue weighted by atomic mass is 32.2. The van der Waals surface area contributed by atoms with E-state index < -0.39 is 11.1 Å². The summed E-state index contributed by atoms with van der Waals surface area (Å²) in [6.45, 7) is 5.51. The summed E-state index contributed by atoms with van der Waals surface area (Å²) in [5.41, 5.74) is 1.95. The fourth-order valence-corrected chi connectivity index (χ4v) is 3.83. The van der Waals surface area contributed by atoms with Crippen molar-refractivity contribution in [2.45, 2.75) is 19.8 Å². The van der Waals surface area contributed by atoms with Crippen molar-refractivity contribution in [3.8, 4) is 0 Å². The van der Waals surface area contributed by atoms with Gasteiger partial charge in [0.2, 0.25) is 5.91 Å². The zero-order valence-electron chi connectivity index (χ0n) is 16.0. The molecule has 28 heavy (non-hydrogen) atoms. The van der Waals surface area contributed by atoms with Crippen molar-refractivity contribution in [3.63, 3.8) is 0 Å². The summed E-state index contributed by atoms with van der Waals surface area (Å²) in [6.07, 6.45) is 3.53. The van der Waals surface area contributed by atoms with Crippen LogP contribution in [0.4, 0.5) is 10.5 Å². The van der Waals surface area contributed by atoms with Crippen LogP contribution in [0.3, 0.4) is 0 Å². The third-order valence-electron chi connectivity index (χ3n) is 4.59. The Morgan fingerprint density at radius 3 is 2.61 bits per heavy atom. The number of imide groups is 1. The Labute approximate surface area is 169 Å². The molecule has 8 heteroatoms. The number of nitrogens with one attached hydrogen (secondary N) is 1. The molecular formula is C20H25N3O4S. The highest BCUT2D eigenvalue weighted by Gasteiger charge is 2.36. The van der Waals surface area contributed by atoms with Crippen LogP contribution in [0.15, 0.2) is 29.2 Å². The number of thioether (sulfide) groups is 1. The number of hydrogen-bond acceptors (Lipinski definition) is 6. The van der Waals surface area contributed by atoms with E-state index in [0.717, 1.165) is 67.1 Å². The van der Waals surface area contributed by atoms with E-state index in [0.29, 0.717) is 11.4 Å². The average Bonchev–Trinajstić information content (AvgIpc) is 2.97. The van der Waals surface area contributed by atoms with Crippen molar-refractivity contribution in [1.82, 2.24) is 10.2 Å². The van der Waals surface area contributed by atoms with Crippen LogP contribution >= 0.6 is 11.8 Å². The van der Waals surface area contributed by atoms with Gasteiger partial charge in [-0.15, -0.1) is 0 Å². The summed E-state index contributed by atoms with van der Waals surface area (Å²) in [5.74, 6) is -0.732. The fraction of sp³-hybridized carbons (Fsp3) is 0.450. The third kappa shape index (κ3) is 5.14. The third-order valence-corrected chi connectivity index (χ3v) is 5.50. The molecule has 3 amide bonds. The zero-order valence-corrected chi connectivity index (χ0v) is 16.8. The molecule has 0 bridgehead atoms. The van der Waals surface area contributed by atoms with E-state index in [1.807, 2.05) is 31.2 Å². The first-order valence-corrected chi connectivity index (χ1v) is 10.3. The Morgan fingerprint density at radius 1 is 1.21 bits per heavy atom. The quantitative estimate of drug-likeness (QED) is 0.557. The van der Waals surface area contributed by atoms with Crippen LogP contribution in [0.2, 0.25) is 0 Å². The lowest BCUT2D eigenvalue weighted by molar-refractivity contribution is -0.129. The maximum Gasteiger partial charge on any atom is 0.294 e. The molecule has 3 rings (SSSR count). The molecule has 1 N–H and O–H groups in total. The largest absolute Gasteiger partial charge is 0.378 e. The number of morpholine rings is 1. The summed E-state index contributed by atoms with van der Waals surface area (Å²) in [7, 11) is 0. The summed E-state index contributed by atoms with van der Waals surface area (Å²) in [6, 6.07) is 7.86. The molecule has 0 spiro atoms. The van der Waals surface area contributed by atoms with Crippen LogP contribution in [-0.4, -0.2) is 61.3 Å². The van der Waals surface area contributed by atoms with Crippen LogP contribution in [0.25, 0.3) is 6.08 Å². The van der Waals surface area contributed by atoms with Gasteiger partial charge in [-0.2, -0.15) is 0 Å². The Bertz CT molecular complexity index is 757. The van der Waals surface area contributed by atoms with E-state index in [1.54, 1.807) is 6.08 Å². The molecule has 2 aliphatic heterocycles. The minimum absolute atomic E-state index is 0.234. The lowest BCUT2D eigenvalue weighted by atomic mass is 10.1. The molecule has 2 saturated heterocycles. The standard InChI is InChI=1S/C20H25N3O4S/c1-2-3-8-21-18(24)14-23-19(25)17(28-20(23)26)13-15-4-6-16(7-5-15)22-9-11-27-12-10-22/h4-7,13H,2-3,8-12,14H2,1H3,(H,21,24)/b17-13-. The molecule has 0 aliphatic carbocycles. The lowest BCUT2D eigenvalue weighted by Crippen LogP contribution is -2.39. The monoisotopic (exact) mass is 403 g/mol. The number of amides is 3. The molecular weight excluding hydrogens is 378 g/mol. The predicted octanol–water partition coefficient (Wildman–Crippen LogP) is 2.48. The van der Waals surface area contributed by atoms with Crippen molar-refractivity contribution in [3.05, 3.63) is 34.7 Å². The van der Waals surface area contributed by atoms with Gasteiger partial charge in [0.15, 0.2) is 0 Å². The van der Waals surface area contributed by atoms with Gasteiger partial charge in [0.1, 0.15) is 6.54 Å². The number of anilines is 1. The SMILES string of the molecule is CCCCNC(=O)CN1C(=O)S/C(=C\c2ccc(N3CCOCC3)cc2)C1=O. The van der Waals surface area contributed by atoms with Gasteiger partial charge in [-0.05, 0) is 42.0 Å². The molecule has 0 atom stereocenters. The molecule has 0 radical (unpaired) electrons. The second kappa shape index (κ2) is 9.75. The highest BCUT2D eigenvalue weighted by Crippen LogP contribution is 2.32. The number of hydrogen-bond donors (Lipinski definition) is 1. The number of benzene rings is 1. The van der Waals surface area contributed by atoms with Gasteiger partial charge in [-0.1, -0.05) is 25.5 Å². The van der Waals surface area contributed by atoms with Crippen molar-refractivity contribution in [1.29, 1.82) is 0 Å². The summed E-state index contributed by atoms with van der Waals surface area (Å²) < 4.78 is 5.36. The Morgan fingerprint density at radius 2 is 1.93 bits per heavy atom. The number of carbonyl (C=O) groups excluding carboxylic acids is 3. The molecule has 2 heterocycles. The Kier molecular flexibility index (Phi) is 7.11. The van der Waals surface area contributed by atoms with E-state index in [2.05, 4.69) is 10.2 Å². The van der Waals surface area contributed by atoms with Gasteiger partial charge in [-0.3, -0.25) is 19.3 Å². The first kappa shape index (κ1) is 20.4. The highest BCUT2D eigenvalue weighted by molar-refractivity contribution is 8.18. The Hall–Kier alpha value is -2.32. The zero-order chi connectivity index (χ0) is 19.9. The predicted molar refractivity (Wildman–Crippen MR) is 110 cm³/mol. The van der Waals surface area contributed by atoms with Crippen LogP contribution < -0.4 is 10.2 Å². The van der Waals surface area contributed by atoms with Gasteiger partial charge in [0.25, 0.3) is 11.1 Å². The molecule has 2 aliphatic rings. The van der Waals surface area contributed by atoms with Crippen molar-refractivity contribution >= 4 is 40.6 Å². The molecule has 2 fully saturated rings. The van der Waals surface area contributed by atoms with Crippen molar-refractivity contribution in [2.24, 2.45) is 0 Å². The molecule has 1 aromatic carbocycles. The Balaban J connectivity index is 1.61. The van der Waals surface area contributed by atoms with E-state index in [-0.39, 0.29) is 12.5 Å². The number of rotatable bonds is 7. The van der Waals surface area contributed by atoms with Crippen LogP contribution in [0.5, 0.6) is 0 Å². The number of ether oxygens (including phenoxy) is 1. The van der Waals surface area contributed by atoms with Crippen LogP contribution in [-0.2, 0) is 14.3 Å². The van der Waals surface area contributed by atoms with E-state index in [1.165, 1.54) is 0 Å². The molecule has 1 aromatic rings. The fourth-order valence-electron chi connectivity index (χ4n) is 2.99. The van der Waals surface area contributed by atoms with Gasteiger partial charge >= 0.3 is 0 Å². The van der Waals surface area contributed by atoms with E-state index in [9.17, 15) is 14.4 Å². The maximum absolute atomic E-state index is 12.5. The summed E-state index contributed by atoms with van der Waals surface area (Å²) in [4.78, 5) is 40.2. The van der Waals surface area contributed by atoms with Crippen molar-refractivity contribution in [2.75, 3.05) is 44.3 Å².